The molecule has 0 aliphatic heterocycles. The molecule has 2 aromatic carbocycles. The molecule has 0 saturated heterocycles. The molecule has 0 spiro atoms. The van der Waals surface area contributed by atoms with Crippen molar-refractivity contribution < 1.29 is 13.9 Å². The van der Waals surface area contributed by atoms with Gasteiger partial charge in [0.15, 0.2) is 0 Å². The van der Waals surface area contributed by atoms with Gasteiger partial charge >= 0.3 is 0 Å². The van der Waals surface area contributed by atoms with Gasteiger partial charge < -0.3 is 5.11 Å². The summed E-state index contributed by atoms with van der Waals surface area (Å²) in [6.45, 7) is 1.64. The Labute approximate surface area is 92.0 Å². The predicted molar refractivity (Wildman–Crippen MR) is 58.2 cm³/mol. The molecule has 0 fully saturated rings. The van der Waals surface area contributed by atoms with E-state index in [1.54, 1.807) is 19.1 Å². The van der Waals surface area contributed by atoms with Crippen LogP contribution in [0.25, 0.3) is 11.1 Å². The van der Waals surface area contributed by atoms with Crippen LogP contribution in [0.3, 0.4) is 0 Å². The Morgan fingerprint density at radius 2 is 1.75 bits per heavy atom. The van der Waals surface area contributed by atoms with E-state index in [4.69, 9.17) is 0 Å². The molecule has 3 heteroatoms. The lowest BCUT2D eigenvalue weighted by molar-refractivity contribution is 0.471. The molecular weight excluding hydrogens is 210 g/mol. The Kier molecular flexibility index (Phi) is 2.60. The Bertz CT molecular complexity index is 535. The molecule has 0 unspecified atom stereocenters. The minimum Gasteiger partial charge on any atom is -0.507 e. The summed E-state index contributed by atoms with van der Waals surface area (Å²) >= 11 is 0. The number of hydrogen-bond donors (Lipinski definition) is 1. The summed E-state index contributed by atoms with van der Waals surface area (Å²) in [7, 11) is 0. The summed E-state index contributed by atoms with van der Waals surface area (Å²) in [5.41, 5.74) is 1.64. The van der Waals surface area contributed by atoms with Crippen molar-refractivity contribution in [3.63, 3.8) is 0 Å². The fourth-order valence-electron chi connectivity index (χ4n) is 1.56. The van der Waals surface area contributed by atoms with E-state index in [-0.39, 0.29) is 11.6 Å². The number of phenols is 1. The zero-order valence-electron chi connectivity index (χ0n) is 8.67. The van der Waals surface area contributed by atoms with Crippen molar-refractivity contribution in [2.75, 3.05) is 0 Å². The van der Waals surface area contributed by atoms with Crippen LogP contribution >= 0.6 is 0 Å². The third-order valence-electron chi connectivity index (χ3n) is 2.43. The zero-order chi connectivity index (χ0) is 11.7. The van der Waals surface area contributed by atoms with Crippen LogP contribution in [0.15, 0.2) is 36.4 Å². The van der Waals surface area contributed by atoms with Gasteiger partial charge in [0.25, 0.3) is 0 Å². The van der Waals surface area contributed by atoms with Gasteiger partial charge in [-0.15, -0.1) is 0 Å². The third kappa shape index (κ3) is 1.89. The van der Waals surface area contributed by atoms with Gasteiger partial charge in [0.1, 0.15) is 17.4 Å². The molecule has 0 radical (unpaired) electrons. The number of hydrogen-bond acceptors (Lipinski definition) is 1. The van der Waals surface area contributed by atoms with Crippen molar-refractivity contribution in [3.8, 4) is 16.9 Å². The number of rotatable bonds is 1. The van der Waals surface area contributed by atoms with Crippen molar-refractivity contribution in [1.82, 2.24) is 0 Å². The molecule has 0 aromatic heterocycles. The lowest BCUT2D eigenvalue weighted by Crippen LogP contribution is -1.85. The maximum Gasteiger partial charge on any atom is 0.126 e. The van der Waals surface area contributed by atoms with Gasteiger partial charge in [0.05, 0.1) is 0 Å². The molecular formula is C13H10F2O. The molecule has 0 saturated carbocycles. The maximum absolute atomic E-state index is 13.1. The number of benzene rings is 2. The molecule has 0 atom stereocenters. The highest BCUT2D eigenvalue weighted by molar-refractivity contribution is 5.70. The van der Waals surface area contributed by atoms with Crippen LogP contribution in [0, 0.1) is 18.6 Å². The van der Waals surface area contributed by atoms with Gasteiger partial charge in [0, 0.05) is 11.6 Å². The van der Waals surface area contributed by atoms with Crippen molar-refractivity contribution in [1.29, 1.82) is 0 Å². The summed E-state index contributed by atoms with van der Waals surface area (Å²) in [4.78, 5) is 0. The molecule has 1 N–H and O–H groups in total. The van der Waals surface area contributed by atoms with Crippen molar-refractivity contribution >= 4 is 0 Å². The smallest absolute Gasteiger partial charge is 0.126 e. The quantitative estimate of drug-likeness (QED) is 0.777. The zero-order valence-corrected chi connectivity index (χ0v) is 8.67. The summed E-state index contributed by atoms with van der Waals surface area (Å²) in [5.74, 6) is -0.948. The van der Waals surface area contributed by atoms with E-state index in [1.807, 2.05) is 0 Å². The highest BCUT2D eigenvalue weighted by Gasteiger charge is 2.07. The fourth-order valence-corrected chi connectivity index (χ4v) is 1.56. The first-order valence-electron chi connectivity index (χ1n) is 4.83. The minimum atomic E-state index is -0.500. The van der Waals surface area contributed by atoms with Crippen LogP contribution in [0.1, 0.15) is 5.56 Å². The van der Waals surface area contributed by atoms with Crippen LogP contribution in [-0.4, -0.2) is 5.11 Å². The van der Waals surface area contributed by atoms with E-state index in [2.05, 4.69) is 0 Å². The fraction of sp³-hybridized carbons (Fsp3) is 0.0769. The normalized spacial score (nSPS) is 10.4. The topological polar surface area (TPSA) is 20.2 Å². The van der Waals surface area contributed by atoms with Gasteiger partial charge in [0.2, 0.25) is 0 Å². The van der Waals surface area contributed by atoms with E-state index in [0.717, 1.165) is 6.07 Å². The Morgan fingerprint density at radius 1 is 1.00 bits per heavy atom. The first-order valence-corrected chi connectivity index (χ1v) is 4.83. The number of aryl methyl sites for hydroxylation is 1. The van der Waals surface area contributed by atoms with Crippen LogP contribution in [0.5, 0.6) is 5.75 Å². The van der Waals surface area contributed by atoms with Crippen molar-refractivity contribution in [2.45, 2.75) is 6.92 Å². The lowest BCUT2D eigenvalue weighted by atomic mass is 10.0. The second-order valence-electron chi connectivity index (χ2n) is 3.63. The maximum atomic E-state index is 13.1. The molecule has 82 valence electrons. The molecule has 16 heavy (non-hydrogen) atoms. The molecule has 0 aliphatic rings. The number of aromatic hydroxyl groups is 1. The molecule has 2 rings (SSSR count). The second-order valence-corrected chi connectivity index (χ2v) is 3.63. The van der Waals surface area contributed by atoms with Gasteiger partial charge in [-0.1, -0.05) is 6.07 Å². The van der Waals surface area contributed by atoms with Gasteiger partial charge in [-0.3, -0.25) is 0 Å². The second kappa shape index (κ2) is 3.93. The number of halogens is 2. The predicted octanol–water partition coefficient (Wildman–Crippen LogP) is 3.65. The van der Waals surface area contributed by atoms with E-state index in [1.165, 1.54) is 18.2 Å². The molecule has 0 amide bonds. The SMILES string of the molecule is Cc1cc(-c2ccc(F)cc2O)ccc1F. The summed E-state index contributed by atoms with van der Waals surface area (Å²) in [6.07, 6.45) is 0. The average molecular weight is 220 g/mol. The van der Waals surface area contributed by atoms with Crippen molar-refractivity contribution in [3.05, 3.63) is 53.6 Å². The molecule has 0 heterocycles. The van der Waals surface area contributed by atoms with E-state index in [9.17, 15) is 13.9 Å². The van der Waals surface area contributed by atoms with Gasteiger partial charge in [-0.25, -0.2) is 8.78 Å². The van der Waals surface area contributed by atoms with Crippen LogP contribution in [0.2, 0.25) is 0 Å². The lowest BCUT2D eigenvalue weighted by Gasteiger charge is -2.06. The van der Waals surface area contributed by atoms with Gasteiger partial charge in [-0.2, -0.15) is 0 Å². The Balaban J connectivity index is 2.54. The molecule has 2 aromatic rings. The Hall–Kier alpha value is -1.90. The van der Waals surface area contributed by atoms with Crippen LogP contribution in [0.4, 0.5) is 8.78 Å². The highest BCUT2D eigenvalue weighted by Crippen LogP contribution is 2.30. The standard InChI is InChI=1S/C13H10F2O/c1-8-6-9(2-5-12(8)15)11-4-3-10(14)7-13(11)16/h2-7,16H,1H3. The van der Waals surface area contributed by atoms with Crippen LogP contribution in [-0.2, 0) is 0 Å². The van der Waals surface area contributed by atoms with E-state index < -0.39 is 5.82 Å². The average Bonchev–Trinajstić information content (AvgIpc) is 2.22. The molecule has 1 nitrogen and oxygen atoms in total. The van der Waals surface area contributed by atoms with Crippen molar-refractivity contribution in [2.24, 2.45) is 0 Å². The minimum absolute atomic E-state index is 0.147. The summed E-state index contributed by atoms with van der Waals surface area (Å²) in [6, 6.07) is 8.25. The van der Waals surface area contributed by atoms with Gasteiger partial charge in [-0.05, 0) is 42.3 Å². The molecule has 0 bridgehead atoms. The Morgan fingerprint density at radius 3 is 2.38 bits per heavy atom. The summed E-state index contributed by atoms with van der Waals surface area (Å²) in [5, 5.41) is 9.57. The number of phenolic OH excluding ortho intramolecular Hbond substituents is 1. The van der Waals surface area contributed by atoms with Crippen LogP contribution < -0.4 is 0 Å². The third-order valence-corrected chi connectivity index (χ3v) is 2.43. The first kappa shape index (κ1) is 10.6. The summed E-state index contributed by atoms with van der Waals surface area (Å²) < 4.78 is 25.8. The first-order chi connectivity index (χ1) is 7.58. The molecule has 0 aliphatic carbocycles. The van der Waals surface area contributed by atoms with E-state index >= 15 is 0 Å². The monoisotopic (exact) mass is 220 g/mol. The van der Waals surface area contributed by atoms with E-state index in [0.29, 0.717) is 16.7 Å². The highest BCUT2D eigenvalue weighted by atomic mass is 19.1. The largest absolute Gasteiger partial charge is 0.507 e.